The van der Waals surface area contributed by atoms with E-state index in [1.54, 1.807) is 6.08 Å². The highest BCUT2D eigenvalue weighted by atomic mass is 16.8. The minimum Gasteiger partial charge on any atom is -0.339 e. The molecule has 1 aliphatic rings. The first-order valence-corrected chi connectivity index (χ1v) is 6.08. The summed E-state index contributed by atoms with van der Waals surface area (Å²) in [5.41, 5.74) is 0.963. The zero-order valence-corrected chi connectivity index (χ0v) is 10.8. The molecule has 1 aromatic carbocycles. The van der Waals surface area contributed by atoms with Gasteiger partial charge in [0.25, 0.3) is 0 Å². The largest absolute Gasteiger partial charge is 0.339 e. The van der Waals surface area contributed by atoms with Gasteiger partial charge in [-0.2, -0.15) is 0 Å². The van der Waals surface area contributed by atoms with E-state index in [-0.39, 0.29) is 11.9 Å². The van der Waals surface area contributed by atoms with Gasteiger partial charge in [-0.3, -0.25) is 4.79 Å². The Morgan fingerprint density at radius 1 is 1.33 bits per heavy atom. The van der Waals surface area contributed by atoms with Crippen LogP contribution in [-0.2, 0) is 14.3 Å². The second-order valence-electron chi connectivity index (χ2n) is 4.85. The van der Waals surface area contributed by atoms with Gasteiger partial charge in [-0.25, -0.2) is 0 Å². The van der Waals surface area contributed by atoms with Crippen LogP contribution in [0.25, 0.3) is 0 Å². The summed E-state index contributed by atoms with van der Waals surface area (Å²) in [6.45, 7) is 7.24. The van der Waals surface area contributed by atoms with Gasteiger partial charge in [0.2, 0.25) is 0 Å². The fraction of sp³-hybridized carbons (Fsp3) is 0.400. The van der Waals surface area contributed by atoms with Crippen molar-refractivity contribution in [1.82, 2.24) is 0 Å². The van der Waals surface area contributed by atoms with Crippen molar-refractivity contribution >= 4 is 5.78 Å². The average Bonchev–Trinajstić information content (AvgIpc) is 2.67. The lowest BCUT2D eigenvalue weighted by Gasteiger charge is -2.16. The van der Waals surface area contributed by atoms with Crippen LogP contribution in [0.3, 0.4) is 0 Å². The highest BCUT2D eigenvalue weighted by Crippen LogP contribution is 2.38. The molecule has 0 aromatic heterocycles. The molecule has 96 valence electrons. The lowest BCUT2D eigenvalue weighted by atomic mass is 10.00. The van der Waals surface area contributed by atoms with Crippen molar-refractivity contribution < 1.29 is 14.3 Å². The van der Waals surface area contributed by atoms with E-state index in [2.05, 4.69) is 6.58 Å². The number of hydrogen-bond donors (Lipinski definition) is 0. The van der Waals surface area contributed by atoms with Crippen molar-refractivity contribution in [2.45, 2.75) is 38.3 Å². The van der Waals surface area contributed by atoms with Gasteiger partial charge in [0.05, 0.1) is 0 Å². The third-order valence-corrected chi connectivity index (χ3v) is 2.89. The van der Waals surface area contributed by atoms with Crippen LogP contribution >= 0.6 is 0 Å². The fourth-order valence-electron chi connectivity index (χ4n) is 2.14. The van der Waals surface area contributed by atoms with E-state index in [9.17, 15) is 4.79 Å². The lowest BCUT2D eigenvalue weighted by Crippen LogP contribution is -2.27. The Hall–Kier alpha value is -1.45. The van der Waals surface area contributed by atoms with E-state index < -0.39 is 11.9 Å². The van der Waals surface area contributed by atoms with Crippen molar-refractivity contribution in [3.05, 3.63) is 48.6 Å². The van der Waals surface area contributed by atoms with E-state index >= 15 is 0 Å². The normalized spacial score (nSPS) is 25.9. The van der Waals surface area contributed by atoms with Crippen molar-refractivity contribution in [1.29, 1.82) is 0 Å². The zero-order chi connectivity index (χ0) is 13.2. The third kappa shape index (κ3) is 2.68. The minimum atomic E-state index is -0.734. The van der Waals surface area contributed by atoms with Crippen molar-refractivity contribution in [2.24, 2.45) is 0 Å². The van der Waals surface area contributed by atoms with Crippen LogP contribution in [0.1, 0.15) is 31.9 Å². The standard InChI is InChI=1S/C15H18O3/c1-4-8-12(16)14-13(17-15(2,3)18-14)11-9-6-5-7-10-11/h4-7,9-10,13-14H,1,8H2,2-3H3/t13-,14+/m1/s1. The Balaban J connectivity index is 2.26. The monoisotopic (exact) mass is 246 g/mol. The van der Waals surface area contributed by atoms with Crippen LogP contribution in [0.4, 0.5) is 0 Å². The number of carbonyl (C=O) groups excluding carboxylic acids is 1. The number of ether oxygens (including phenoxy) is 2. The summed E-state index contributed by atoms with van der Waals surface area (Å²) in [7, 11) is 0. The molecular formula is C15H18O3. The first kappa shape index (κ1) is 13.0. The van der Waals surface area contributed by atoms with Gasteiger partial charge >= 0.3 is 0 Å². The maximum atomic E-state index is 12.0. The molecule has 0 unspecified atom stereocenters. The summed E-state index contributed by atoms with van der Waals surface area (Å²) in [6.07, 6.45) is 1.00. The number of ketones is 1. The molecule has 0 radical (unpaired) electrons. The molecule has 1 aromatic rings. The van der Waals surface area contributed by atoms with E-state index in [1.165, 1.54) is 0 Å². The summed E-state index contributed by atoms with van der Waals surface area (Å²) in [4.78, 5) is 12.0. The molecule has 1 saturated heterocycles. The molecule has 0 bridgehead atoms. The fourth-order valence-corrected chi connectivity index (χ4v) is 2.14. The quantitative estimate of drug-likeness (QED) is 0.766. The predicted octanol–water partition coefficient (Wildman–Crippen LogP) is 3.02. The van der Waals surface area contributed by atoms with E-state index in [0.29, 0.717) is 6.42 Å². The highest BCUT2D eigenvalue weighted by molar-refractivity contribution is 5.85. The second kappa shape index (κ2) is 5.04. The number of rotatable bonds is 4. The summed E-state index contributed by atoms with van der Waals surface area (Å²) < 4.78 is 11.5. The summed E-state index contributed by atoms with van der Waals surface area (Å²) >= 11 is 0. The molecule has 18 heavy (non-hydrogen) atoms. The van der Waals surface area contributed by atoms with Crippen molar-refractivity contribution in [2.75, 3.05) is 0 Å². The van der Waals surface area contributed by atoms with Gasteiger partial charge in [-0.15, -0.1) is 6.58 Å². The first-order chi connectivity index (χ1) is 8.53. The predicted molar refractivity (Wildman–Crippen MR) is 69.0 cm³/mol. The Labute approximate surface area is 107 Å². The molecule has 2 rings (SSSR count). The highest BCUT2D eigenvalue weighted by Gasteiger charge is 2.45. The van der Waals surface area contributed by atoms with Crippen molar-refractivity contribution in [3.8, 4) is 0 Å². The van der Waals surface area contributed by atoms with Gasteiger partial charge < -0.3 is 9.47 Å². The smallest absolute Gasteiger partial charge is 0.168 e. The molecular weight excluding hydrogens is 228 g/mol. The molecule has 0 spiro atoms. The lowest BCUT2D eigenvalue weighted by molar-refractivity contribution is -0.154. The van der Waals surface area contributed by atoms with Crippen LogP contribution in [-0.4, -0.2) is 17.7 Å². The van der Waals surface area contributed by atoms with Gasteiger partial charge in [-0.1, -0.05) is 36.4 Å². The topological polar surface area (TPSA) is 35.5 Å². The van der Waals surface area contributed by atoms with Gasteiger partial charge in [-0.05, 0) is 19.4 Å². The Morgan fingerprint density at radius 2 is 2.00 bits per heavy atom. The number of Topliss-reactive ketones (excluding diaryl/α,β-unsaturated/α-hetero) is 1. The SMILES string of the molecule is C=CCC(=O)[C@@H]1OC(C)(C)O[C@@H]1c1ccccc1. The number of carbonyl (C=O) groups is 1. The number of allylic oxidation sites excluding steroid dienone is 1. The molecule has 0 N–H and O–H groups in total. The van der Waals surface area contributed by atoms with Crippen molar-refractivity contribution in [3.63, 3.8) is 0 Å². The van der Waals surface area contributed by atoms with Gasteiger partial charge in [0.15, 0.2) is 11.6 Å². The van der Waals surface area contributed by atoms with Crippen LogP contribution in [0, 0.1) is 0 Å². The van der Waals surface area contributed by atoms with E-state index in [4.69, 9.17) is 9.47 Å². The van der Waals surface area contributed by atoms with Gasteiger partial charge in [0, 0.05) is 6.42 Å². The maximum Gasteiger partial charge on any atom is 0.168 e. The molecule has 0 amide bonds. The summed E-state index contributed by atoms with van der Waals surface area (Å²) in [6, 6.07) is 9.69. The summed E-state index contributed by atoms with van der Waals surface area (Å²) in [5, 5.41) is 0. The molecule has 1 fully saturated rings. The molecule has 3 nitrogen and oxygen atoms in total. The third-order valence-electron chi connectivity index (χ3n) is 2.89. The molecule has 0 saturated carbocycles. The summed E-state index contributed by atoms with van der Waals surface area (Å²) in [5.74, 6) is -0.730. The van der Waals surface area contributed by atoms with E-state index in [1.807, 2.05) is 44.2 Å². The zero-order valence-electron chi connectivity index (χ0n) is 10.8. The Bertz CT molecular complexity index is 436. The Kier molecular flexibility index (Phi) is 3.64. The Morgan fingerprint density at radius 3 is 2.61 bits per heavy atom. The molecule has 3 heteroatoms. The molecule has 2 atom stereocenters. The molecule has 1 heterocycles. The molecule has 1 aliphatic heterocycles. The number of benzene rings is 1. The first-order valence-electron chi connectivity index (χ1n) is 6.08. The van der Waals surface area contributed by atoms with Crippen LogP contribution in [0.15, 0.2) is 43.0 Å². The van der Waals surface area contributed by atoms with E-state index in [0.717, 1.165) is 5.56 Å². The maximum absolute atomic E-state index is 12.0. The second-order valence-corrected chi connectivity index (χ2v) is 4.85. The van der Waals surface area contributed by atoms with Crippen LogP contribution in [0.5, 0.6) is 0 Å². The van der Waals surface area contributed by atoms with Crippen LogP contribution < -0.4 is 0 Å². The van der Waals surface area contributed by atoms with Crippen LogP contribution in [0.2, 0.25) is 0 Å². The minimum absolute atomic E-state index is 0.00410. The number of hydrogen-bond acceptors (Lipinski definition) is 3. The average molecular weight is 246 g/mol. The van der Waals surface area contributed by atoms with Gasteiger partial charge in [0.1, 0.15) is 12.2 Å². The molecule has 0 aliphatic carbocycles.